The maximum absolute atomic E-state index is 11.9. The lowest BCUT2D eigenvalue weighted by atomic mass is 10.3. The van der Waals surface area contributed by atoms with E-state index >= 15 is 0 Å². The molecule has 0 unspecified atom stereocenters. The zero-order chi connectivity index (χ0) is 11.1. The maximum Gasteiger partial charge on any atom is 0.448 e. The van der Waals surface area contributed by atoms with Crippen molar-refractivity contribution in [1.29, 1.82) is 0 Å². The van der Waals surface area contributed by atoms with E-state index in [0.717, 1.165) is 31.4 Å². The highest BCUT2D eigenvalue weighted by molar-refractivity contribution is 7.51. The van der Waals surface area contributed by atoms with E-state index in [9.17, 15) is 4.57 Å². The highest BCUT2D eigenvalue weighted by Crippen LogP contribution is 2.43. The van der Waals surface area contributed by atoms with E-state index in [2.05, 4.69) is 10.3 Å². The molecule has 0 spiro atoms. The van der Waals surface area contributed by atoms with Crippen molar-refractivity contribution in [3.05, 3.63) is 0 Å². The average Bonchev–Trinajstić information content (AvgIpc) is 2.68. The number of rotatable bonds is 6. The molecule has 15 heavy (non-hydrogen) atoms. The zero-order valence-corrected chi connectivity index (χ0v) is 10.3. The summed E-state index contributed by atoms with van der Waals surface area (Å²) in [7, 11) is -3.21. The molecule has 5 nitrogen and oxygen atoms in total. The summed E-state index contributed by atoms with van der Waals surface area (Å²) >= 11 is 0. The summed E-state index contributed by atoms with van der Waals surface area (Å²) < 4.78 is 22.0. The summed E-state index contributed by atoms with van der Waals surface area (Å²) in [6.45, 7) is 4.23. The van der Waals surface area contributed by atoms with Crippen LogP contribution in [0.3, 0.4) is 0 Å². The molecule has 88 valence electrons. The normalized spacial score (nSPS) is 16.8. The highest BCUT2D eigenvalue weighted by Gasteiger charge is 2.23. The van der Waals surface area contributed by atoms with Crippen LogP contribution in [0.15, 0.2) is 5.10 Å². The summed E-state index contributed by atoms with van der Waals surface area (Å²) in [6, 6.07) is 0. The Morgan fingerprint density at radius 1 is 1.27 bits per heavy atom. The van der Waals surface area contributed by atoms with Gasteiger partial charge >= 0.3 is 7.75 Å². The van der Waals surface area contributed by atoms with Gasteiger partial charge in [0.05, 0.1) is 13.2 Å². The second kappa shape index (κ2) is 6.26. The first-order valence-corrected chi connectivity index (χ1v) is 6.96. The summed E-state index contributed by atoms with van der Waals surface area (Å²) in [6.07, 6.45) is 4.28. The summed E-state index contributed by atoms with van der Waals surface area (Å²) in [5, 5.41) is 6.63. The van der Waals surface area contributed by atoms with Gasteiger partial charge in [0.15, 0.2) is 0 Å². The minimum Gasteiger partial charge on any atom is -0.292 e. The zero-order valence-electron chi connectivity index (χ0n) is 9.36. The molecular formula is C9H19N2O3P. The average molecular weight is 234 g/mol. The van der Waals surface area contributed by atoms with Crippen LogP contribution in [0.1, 0.15) is 39.5 Å². The lowest BCUT2D eigenvalue weighted by Crippen LogP contribution is -2.11. The summed E-state index contributed by atoms with van der Waals surface area (Å²) in [5.41, 5.74) is 1.05. The topological polar surface area (TPSA) is 59.9 Å². The van der Waals surface area contributed by atoms with E-state index in [4.69, 9.17) is 9.05 Å². The fourth-order valence-electron chi connectivity index (χ4n) is 1.46. The molecule has 0 saturated heterocycles. The number of hydrogen-bond donors (Lipinski definition) is 1. The molecule has 6 heteroatoms. The van der Waals surface area contributed by atoms with E-state index in [-0.39, 0.29) is 0 Å². The quantitative estimate of drug-likeness (QED) is 0.567. The fraction of sp³-hybridized carbons (Fsp3) is 0.889. The predicted molar refractivity (Wildman–Crippen MR) is 59.9 cm³/mol. The van der Waals surface area contributed by atoms with Gasteiger partial charge in [0, 0.05) is 5.71 Å². The van der Waals surface area contributed by atoms with E-state index < -0.39 is 7.75 Å². The third kappa shape index (κ3) is 4.33. The molecule has 0 aliphatic heterocycles. The smallest absolute Gasteiger partial charge is 0.292 e. The van der Waals surface area contributed by atoms with E-state index in [1.54, 1.807) is 13.8 Å². The van der Waals surface area contributed by atoms with Crippen LogP contribution in [-0.4, -0.2) is 18.9 Å². The Morgan fingerprint density at radius 3 is 2.27 bits per heavy atom. The minimum absolute atomic E-state index is 0.342. The van der Waals surface area contributed by atoms with Gasteiger partial charge in [-0.05, 0) is 39.5 Å². The number of nitrogens with one attached hydrogen (secondary N) is 1. The van der Waals surface area contributed by atoms with Crippen molar-refractivity contribution in [3.63, 3.8) is 0 Å². The van der Waals surface area contributed by atoms with Gasteiger partial charge in [-0.1, -0.05) is 0 Å². The number of nitrogens with zero attached hydrogens (tertiary/aromatic N) is 1. The van der Waals surface area contributed by atoms with Gasteiger partial charge in [0.2, 0.25) is 0 Å². The Kier molecular flexibility index (Phi) is 5.29. The molecule has 0 radical (unpaired) electrons. The molecule has 1 rings (SSSR count). The first kappa shape index (κ1) is 12.7. The van der Waals surface area contributed by atoms with E-state index in [1.165, 1.54) is 0 Å². The number of hydrazone groups is 1. The second-order valence-electron chi connectivity index (χ2n) is 3.32. The molecular weight excluding hydrogens is 215 g/mol. The Hall–Kier alpha value is -0.380. The van der Waals surface area contributed by atoms with Crippen LogP contribution in [0.5, 0.6) is 0 Å². The molecule has 0 bridgehead atoms. The molecule has 1 N–H and O–H groups in total. The molecule has 0 aromatic carbocycles. The van der Waals surface area contributed by atoms with Crippen LogP contribution < -0.4 is 5.20 Å². The fourth-order valence-corrected chi connectivity index (χ4v) is 2.60. The predicted octanol–water partition coefficient (Wildman–Crippen LogP) is 2.69. The second-order valence-corrected chi connectivity index (χ2v) is 5.03. The Balaban J connectivity index is 2.50. The minimum atomic E-state index is -3.21. The van der Waals surface area contributed by atoms with Crippen molar-refractivity contribution in [2.45, 2.75) is 39.5 Å². The van der Waals surface area contributed by atoms with Crippen LogP contribution >= 0.6 is 7.75 Å². The monoisotopic (exact) mass is 234 g/mol. The lowest BCUT2D eigenvalue weighted by molar-refractivity contribution is 0.211. The van der Waals surface area contributed by atoms with Crippen LogP contribution in [0.25, 0.3) is 0 Å². The van der Waals surface area contributed by atoms with Crippen LogP contribution in [-0.2, 0) is 13.6 Å². The van der Waals surface area contributed by atoms with Gasteiger partial charge in [-0.3, -0.25) is 9.05 Å². The van der Waals surface area contributed by atoms with Crippen LogP contribution in [0, 0.1) is 0 Å². The van der Waals surface area contributed by atoms with Gasteiger partial charge < -0.3 is 0 Å². The van der Waals surface area contributed by atoms with Crippen molar-refractivity contribution in [1.82, 2.24) is 5.20 Å². The lowest BCUT2D eigenvalue weighted by Gasteiger charge is -2.15. The van der Waals surface area contributed by atoms with E-state index in [0.29, 0.717) is 13.2 Å². The summed E-state index contributed by atoms with van der Waals surface area (Å²) in [5.74, 6) is 0. The molecule has 1 aliphatic rings. The molecule has 0 aromatic heterocycles. The summed E-state index contributed by atoms with van der Waals surface area (Å²) in [4.78, 5) is 0. The third-order valence-electron chi connectivity index (χ3n) is 2.11. The largest absolute Gasteiger partial charge is 0.448 e. The maximum atomic E-state index is 11.9. The standard InChI is InChI=1S/C9H19N2O3P/c1-3-13-15(12,14-4-2)11-10-9-7-5-6-8-9/h3-8H2,1-2H3,(H,11,12). The highest BCUT2D eigenvalue weighted by atomic mass is 31.2. The SMILES string of the molecule is CCOP(=O)(NN=C1CCCC1)OCC. The first-order valence-electron chi connectivity index (χ1n) is 5.42. The first-order chi connectivity index (χ1) is 7.20. The third-order valence-corrected chi connectivity index (χ3v) is 3.65. The molecule has 0 amide bonds. The van der Waals surface area contributed by atoms with Gasteiger partial charge in [-0.15, -0.1) is 0 Å². The molecule has 0 atom stereocenters. The Morgan fingerprint density at radius 2 is 1.80 bits per heavy atom. The van der Waals surface area contributed by atoms with E-state index in [1.807, 2.05) is 0 Å². The molecule has 0 aromatic rings. The van der Waals surface area contributed by atoms with Gasteiger partial charge in [-0.25, -0.2) is 9.76 Å². The Bertz CT molecular complexity index is 250. The van der Waals surface area contributed by atoms with Crippen LogP contribution in [0.2, 0.25) is 0 Å². The number of hydrogen-bond acceptors (Lipinski definition) is 4. The molecule has 1 aliphatic carbocycles. The van der Waals surface area contributed by atoms with Crippen molar-refractivity contribution in [2.75, 3.05) is 13.2 Å². The molecule has 1 saturated carbocycles. The van der Waals surface area contributed by atoms with Crippen molar-refractivity contribution in [2.24, 2.45) is 5.10 Å². The van der Waals surface area contributed by atoms with Gasteiger partial charge in [-0.2, -0.15) is 5.10 Å². The van der Waals surface area contributed by atoms with Crippen LogP contribution in [0.4, 0.5) is 0 Å². The van der Waals surface area contributed by atoms with Gasteiger partial charge in [0.25, 0.3) is 0 Å². The molecule has 1 fully saturated rings. The molecule has 0 heterocycles. The van der Waals surface area contributed by atoms with Crippen molar-refractivity contribution in [3.8, 4) is 0 Å². The van der Waals surface area contributed by atoms with Crippen molar-refractivity contribution >= 4 is 13.5 Å². The van der Waals surface area contributed by atoms with Crippen molar-refractivity contribution < 1.29 is 13.6 Å². The Labute approximate surface area is 90.8 Å². The van der Waals surface area contributed by atoms with Gasteiger partial charge in [0.1, 0.15) is 0 Å².